The van der Waals surface area contributed by atoms with Crippen molar-refractivity contribution in [3.05, 3.63) is 42.6 Å². The fraction of sp³-hybridized carbons (Fsp3) is 0.0714. The van der Waals surface area contributed by atoms with Crippen molar-refractivity contribution < 1.29 is 4.42 Å². The third-order valence-electron chi connectivity index (χ3n) is 2.67. The standard InChI is InChI=1S/C14H11ClN4O/c15-8-12(16)18-10-4-1-3-9(7-10)14-19-13-11(20-14)5-2-6-17-13/h1-7H,8H2,(H2,16,18). The van der Waals surface area contributed by atoms with Gasteiger partial charge >= 0.3 is 0 Å². The van der Waals surface area contributed by atoms with E-state index in [1.54, 1.807) is 12.3 Å². The number of alkyl halides is 1. The number of benzene rings is 1. The smallest absolute Gasteiger partial charge is 0.228 e. The van der Waals surface area contributed by atoms with E-state index in [2.05, 4.69) is 15.0 Å². The number of hydrogen-bond acceptors (Lipinski definition) is 4. The number of hydrogen-bond donors (Lipinski definition) is 1. The van der Waals surface area contributed by atoms with Crippen LogP contribution in [0.3, 0.4) is 0 Å². The molecule has 5 nitrogen and oxygen atoms in total. The van der Waals surface area contributed by atoms with E-state index in [0.29, 0.717) is 28.6 Å². The predicted molar refractivity (Wildman–Crippen MR) is 79.2 cm³/mol. The molecule has 0 unspecified atom stereocenters. The lowest BCUT2D eigenvalue weighted by atomic mass is 10.2. The molecular formula is C14H11ClN4O. The number of amidine groups is 1. The van der Waals surface area contributed by atoms with Crippen LogP contribution in [0.1, 0.15) is 0 Å². The summed E-state index contributed by atoms with van der Waals surface area (Å²) in [5.74, 6) is 1.06. The van der Waals surface area contributed by atoms with Crippen molar-refractivity contribution in [3.8, 4) is 11.5 Å². The van der Waals surface area contributed by atoms with Crippen LogP contribution < -0.4 is 5.73 Å². The summed E-state index contributed by atoms with van der Waals surface area (Å²) in [6.45, 7) is 0. The Hall–Kier alpha value is -2.40. The van der Waals surface area contributed by atoms with E-state index in [1.165, 1.54) is 0 Å². The van der Waals surface area contributed by atoms with Crippen molar-refractivity contribution in [2.45, 2.75) is 0 Å². The number of halogens is 1. The average Bonchev–Trinajstić information content (AvgIpc) is 2.91. The van der Waals surface area contributed by atoms with Gasteiger partial charge in [0.2, 0.25) is 5.89 Å². The van der Waals surface area contributed by atoms with E-state index in [-0.39, 0.29) is 5.88 Å². The number of nitrogens with zero attached hydrogens (tertiary/aromatic N) is 3. The first-order valence-corrected chi connectivity index (χ1v) is 6.51. The Labute approximate surface area is 120 Å². The minimum atomic E-state index is 0.192. The molecule has 2 N–H and O–H groups in total. The Kier molecular flexibility index (Phi) is 3.35. The van der Waals surface area contributed by atoms with Gasteiger partial charge in [-0.2, -0.15) is 4.98 Å². The molecule has 20 heavy (non-hydrogen) atoms. The van der Waals surface area contributed by atoms with E-state index in [1.807, 2.05) is 30.3 Å². The lowest BCUT2D eigenvalue weighted by molar-refractivity contribution is 0.619. The van der Waals surface area contributed by atoms with Crippen LogP contribution in [-0.4, -0.2) is 21.7 Å². The molecule has 0 aliphatic heterocycles. The van der Waals surface area contributed by atoms with Crippen LogP contribution in [0, 0.1) is 0 Å². The molecule has 0 saturated carbocycles. The number of nitrogens with two attached hydrogens (primary N) is 1. The Morgan fingerprint density at radius 2 is 2.20 bits per heavy atom. The molecular weight excluding hydrogens is 276 g/mol. The van der Waals surface area contributed by atoms with Gasteiger partial charge in [0.05, 0.1) is 11.6 Å². The highest BCUT2D eigenvalue weighted by Gasteiger charge is 2.08. The van der Waals surface area contributed by atoms with Gasteiger partial charge in [0, 0.05) is 11.8 Å². The molecule has 0 amide bonds. The summed E-state index contributed by atoms with van der Waals surface area (Å²) >= 11 is 5.62. The second kappa shape index (κ2) is 5.30. The van der Waals surface area contributed by atoms with Gasteiger partial charge in [-0.1, -0.05) is 6.07 Å². The number of aliphatic imine (C=N–C) groups is 1. The summed E-state index contributed by atoms with van der Waals surface area (Å²) in [7, 11) is 0. The van der Waals surface area contributed by atoms with Gasteiger partial charge in [-0.05, 0) is 30.3 Å². The van der Waals surface area contributed by atoms with Gasteiger partial charge in [0.25, 0.3) is 0 Å². The molecule has 100 valence electrons. The first-order valence-electron chi connectivity index (χ1n) is 5.97. The zero-order valence-corrected chi connectivity index (χ0v) is 11.2. The maximum absolute atomic E-state index is 5.66. The summed E-state index contributed by atoms with van der Waals surface area (Å²) in [5.41, 5.74) is 8.37. The molecule has 6 heteroatoms. The van der Waals surface area contributed by atoms with Crippen LogP contribution in [0.2, 0.25) is 0 Å². The quantitative estimate of drug-likeness (QED) is 0.456. The normalized spacial score (nSPS) is 11.9. The number of fused-ring (bicyclic) bond motifs is 1. The highest BCUT2D eigenvalue weighted by molar-refractivity contribution is 6.28. The van der Waals surface area contributed by atoms with Crippen molar-refractivity contribution in [2.75, 3.05) is 5.88 Å². The van der Waals surface area contributed by atoms with Gasteiger partial charge in [-0.15, -0.1) is 11.6 Å². The number of pyridine rings is 1. The highest BCUT2D eigenvalue weighted by atomic mass is 35.5. The summed E-state index contributed by atoms with van der Waals surface area (Å²) in [5, 5.41) is 0. The maximum atomic E-state index is 5.66. The Morgan fingerprint density at radius 1 is 1.30 bits per heavy atom. The van der Waals surface area contributed by atoms with Crippen molar-refractivity contribution in [1.29, 1.82) is 0 Å². The van der Waals surface area contributed by atoms with Gasteiger partial charge in [0.1, 0.15) is 5.84 Å². The third kappa shape index (κ3) is 2.48. The third-order valence-corrected chi connectivity index (χ3v) is 2.94. The predicted octanol–water partition coefficient (Wildman–Crippen LogP) is 3.12. The SMILES string of the molecule is NC(CCl)=Nc1cccc(-c2nc3ncccc3o2)c1. The molecule has 3 aromatic rings. The minimum Gasteiger partial charge on any atom is -0.434 e. The van der Waals surface area contributed by atoms with Crippen molar-refractivity contribution >= 4 is 34.4 Å². The molecule has 0 fully saturated rings. The molecule has 0 bridgehead atoms. The van der Waals surface area contributed by atoms with Crippen LogP contribution >= 0.6 is 11.6 Å². The average molecular weight is 287 g/mol. The highest BCUT2D eigenvalue weighted by Crippen LogP contribution is 2.26. The number of oxazole rings is 1. The van der Waals surface area contributed by atoms with Crippen LogP contribution in [-0.2, 0) is 0 Å². The van der Waals surface area contributed by atoms with Crippen molar-refractivity contribution in [2.24, 2.45) is 10.7 Å². The van der Waals surface area contributed by atoms with Gasteiger partial charge in [-0.25, -0.2) is 9.98 Å². The molecule has 3 rings (SSSR count). The molecule has 2 aromatic heterocycles. The topological polar surface area (TPSA) is 77.3 Å². The lowest BCUT2D eigenvalue weighted by Gasteiger charge is -1.99. The van der Waals surface area contributed by atoms with E-state index in [0.717, 1.165) is 5.56 Å². The summed E-state index contributed by atoms with van der Waals surface area (Å²) in [6.07, 6.45) is 1.68. The van der Waals surface area contributed by atoms with E-state index in [4.69, 9.17) is 21.8 Å². The Bertz CT molecular complexity index is 748. The summed E-state index contributed by atoms with van der Waals surface area (Å²) in [4.78, 5) is 12.7. The molecule has 0 aliphatic carbocycles. The van der Waals surface area contributed by atoms with Gasteiger partial charge in [-0.3, -0.25) is 0 Å². The molecule has 0 atom stereocenters. The first kappa shape index (κ1) is 12.6. The van der Waals surface area contributed by atoms with Crippen LogP contribution in [0.25, 0.3) is 22.7 Å². The molecule has 1 aromatic carbocycles. The fourth-order valence-corrected chi connectivity index (χ4v) is 1.86. The zero-order chi connectivity index (χ0) is 13.9. The first-order chi connectivity index (χ1) is 9.76. The Morgan fingerprint density at radius 3 is 3.00 bits per heavy atom. The fourth-order valence-electron chi connectivity index (χ4n) is 1.80. The molecule has 0 spiro atoms. The molecule has 2 heterocycles. The second-order valence-corrected chi connectivity index (χ2v) is 4.40. The van der Waals surface area contributed by atoms with Crippen molar-refractivity contribution in [3.63, 3.8) is 0 Å². The van der Waals surface area contributed by atoms with Gasteiger partial charge < -0.3 is 10.2 Å². The van der Waals surface area contributed by atoms with Gasteiger partial charge in [0.15, 0.2) is 11.2 Å². The largest absolute Gasteiger partial charge is 0.434 e. The van der Waals surface area contributed by atoms with Crippen molar-refractivity contribution in [1.82, 2.24) is 9.97 Å². The molecule has 0 radical (unpaired) electrons. The molecule has 0 saturated heterocycles. The van der Waals surface area contributed by atoms with E-state index >= 15 is 0 Å². The van der Waals surface area contributed by atoms with E-state index < -0.39 is 0 Å². The summed E-state index contributed by atoms with van der Waals surface area (Å²) < 4.78 is 5.66. The van der Waals surface area contributed by atoms with E-state index in [9.17, 15) is 0 Å². The molecule has 0 aliphatic rings. The van der Waals surface area contributed by atoms with Crippen LogP contribution in [0.4, 0.5) is 5.69 Å². The maximum Gasteiger partial charge on any atom is 0.228 e. The summed E-state index contributed by atoms with van der Waals surface area (Å²) in [6, 6.07) is 11.1. The lowest BCUT2D eigenvalue weighted by Crippen LogP contribution is -2.12. The van der Waals surface area contributed by atoms with Crippen LogP contribution in [0.5, 0.6) is 0 Å². The minimum absolute atomic E-state index is 0.192. The zero-order valence-electron chi connectivity index (χ0n) is 10.5. The number of rotatable bonds is 3. The van der Waals surface area contributed by atoms with Crippen LogP contribution in [0.15, 0.2) is 52.0 Å². The number of aromatic nitrogens is 2. The Balaban J connectivity index is 2.03. The second-order valence-electron chi connectivity index (χ2n) is 4.13. The monoisotopic (exact) mass is 286 g/mol.